The maximum absolute atomic E-state index is 12.1. The number of hydrogen-bond acceptors (Lipinski definition) is 4. The van der Waals surface area contributed by atoms with Gasteiger partial charge < -0.3 is 5.73 Å². The fraction of sp³-hybridized carbons (Fsp3) is 0.583. The summed E-state index contributed by atoms with van der Waals surface area (Å²) in [5, 5.41) is 2.69. The van der Waals surface area contributed by atoms with E-state index in [2.05, 4.69) is 22.2 Å². The maximum atomic E-state index is 12.1. The van der Waals surface area contributed by atoms with Gasteiger partial charge in [0.1, 0.15) is 0 Å². The number of aromatic nitrogens is 2. The Morgan fingerprint density at radius 2 is 2.24 bits per heavy atom. The van der Waals surface area contributed by atoms with E-state index in [1.807, 2.05) is 0 Å². The smallest absolute Gasteiger partial charge is 0.246 e. The zero-order chi connectivity index (χ0) is 12.3. The monoisotopic (exact) mass is 234 g/mol. The highest BCUT2D eigenvalue weighted by molar-refractivity contribution is 5.96. The van der Waals surface area contributed by atoms with E-state index in [-0.39, 0.29) is 5.91 Å². The Balaban J connectivity index is 2.04. The van der Waals surface area contributed by atoms with Crippen LogP contribution in [0.25, 0.3) is 0 Å². The molecule has 1 saturated carbocycles. The molecule has 0 aromatic carbocycles. The second kappa shape index (κ2) is 4.79. The summed E-state index contributed by atoms with van der Waals surface area (Å²) >= 11 is 0. The molecule has 1 aliphatic carbocycles. The van der Waals surface area contributed by atoms with Crippen LogP contribution in [-0.4, -0.2) is 21.4 Å². The molecule has 1 amide bonds. The van der Waals surface area contributed by atoms with Crippen molar-refractivity contribution in [2.24, 2.45) is 11.7 Å². The van der Waals surface area contributed by atoms with Crippen molar-refractivity contribution in [3.63, 3.8) is 0 Å². The first-order chi connectivity index (χ1) is 8.10. The van der Waals surface area contributed by atoms with Crippen LogP contribution >= 0.6 is 0 Å². The molecule has 3 N–H and O–H groups in total. The molecule has 5 heteroatoms. The molecular formula is C12H18N4O. The summed E-state index contributed by atoms with van der Waals surface area (Å²) < 4.78 is 0. The van der Waals surface area contributed by atoms with Gasteiger partial charge in [0.15, 0.2) is 0 Å². The molecule has 0 bridgehead atoms. The van der Waals surface area contributed by atoms with Crippen molar-refractivity contribution in [3.8, 4) is 0 Å². The lowest BCUT2D eigenvalue weighted by Crippen LogP contribution is -2.53. The highest BCUT2D eigenvalue weighted by Gasteiger charge is 2.38. The van der Waals surface area contributed by atoms with Crippen molar-refractivity contribution >= 4 is 11.9 Å². The van der Waals surface area contributed by atoms with Gasteiger partial charge in [0.2, 0.25) is 11.9 Å². The van der Waals surface area contributed by atoms with Crippen LogP contribution in [0.1, 0.15) is 32.6 Å². The van der Waals surface area contributed by atoms with Gasteiger partial charge in [0.25, 0.3) is 0 Å². The normalized spacial score (nSPS) is 28.7. The lowest BCUT2D eigenvalue weighted by atomic mass is 9.76. The molecule has 2 unspecified atom stereocenters. The van der Waals surface area contributed by atoms with Crippen LogP contribution in [0, 0.1) is 5.92 Å². The number of anilines is 1. The summed E-state index contributed by atoms with van der Waals surface area (Å²) in [6.45, 7) is 2.13. The van der Waals surface area contributed by atoms with Crippen molar-refractivity contribution in [1.82, 2.24) is 9.97 Å². The number of rotatable bonds is 2. The van der Waals surface area contributed by atoms with Gasteiger partial charge in [-0.3, -0.25) is 10.1 Å². The first kappa shape index (κ1) is 12.0. The summed E-state index contributed by atoms with van der Waals surface area (Å²) in [5.41, 5.74) is 5.41. The Kier molecular flexibility index (Phi) is 3.38. The minimum Gasteiger partial charge on any atom is -0.317 e. The molecule has 0 saturated heterocycles. The van der Waals surface area contributed by atoms with Crippen molar-refractivity contribution in [2.45, 2.75) is 38.1 Å². The van der Waals surface area contributed by atoms with E-state index in [1.165, 1.54) is 0 Å². The third-order valence-electron chi connectivity index (χ3n) is 3.28. The average molecular weight is 234 g/mol. The number of carbonyl (C=O) groups is 1. The molecule has 2 rings (SSSR count). The van der Waals surface area contributed by atoms with E-state index in [1.54, 1.807) is 18.5 Å². The van der Waals surface area contributed by atoms with Crippen LogP contribution < -0.4 is 11.1 Å². The lowest BCUT2D eigenvalue weighted by molar-refractivity contribution is -0.122. The number of carbonyl (C=O) groups excluding carboxylic acids is 1. The molecule has 5 nitrogen and oxygen atoms in total. The lowest BCUT2D eigenvalue weighted by Gasteiger charge is -2.34. The van der Waals surface area contributed by atoms with Crippen LogP contribution in [0.15, 0.2) is 18.5 Å². The molecule has 0 aliphatic heterocycles. The summed E-state index contributed by atoms with van der Waals surface area (Å²) in [6.07, 6.45) is 6.79. The highest BCUT2D eigenvalue weighted by Crippen LogP contribution is 2.31. The minimum absolute atomic E-state index is 0.171. The van der Waals surface area contributed by atoms with E-state index in [0.29, 0.717) is 11.9 Å². The molecule has 0 spiro atoms. The first-order valence-corrected chi connectivity index (χ1v) is 5.97. The number of nitrogens with one attached hydrogen (secondary N) is 1. The van der Waals surface area contributed by atoms with Crippen molar-refractivity contribution in [2.75, 3.05) is 5.32 Å². The zero-order valence-electron chi connectivity index (χ0n) is 10.0. The Morgan fingerprint density at radius 3 is 2.88 bits per heavy atom. The molecule has 2 atom stereocenters. The zero-order valence-corrected chi connectivity index (χ0v) is 10.0. The molecular weight excluding hydrogens is 216 g/mol. The second-order valence-electron chi connectivity index (χ2n) is 4.88. The van der Waals surface area contributed by atoms with E-state index < -0.39 is 5.54 Å². The average Bonchev–Trinajstić information content (AvgIpc) is 2.30. The van der Waals surface area contributed by atoms with E-state index >= 15 is 0 Å². The van der Waals surface area contributed by atoms with Crippen molar-refractivity contribution < 1.29 is 4.79 Å². The van der Waals surface area contributed by atoms with Crippen LogP contribution in [0.4, 0.5) is 5.95 Å². The van der Waals surface area contributed by atoms with Gasteiger partial charge in [-0.1, -0.05) is 19.8 Å². The van der Waals surface area contributed by atoms with Crippen LogP contribution in [-0.2, 0) is 4.79 Å². The highest BCUT2D eigenvalue weighted by atomic mass is 16.2. The van der Waals surface area contributed by atoms with Gasteiger partial charge in [-0.25, -0.2) is 9.97 Å². The van der Waals surface area contributed by atoms with Gasteiger partial charge in [-0.15, -0.1) is 0 Å². The Morgan fingerprint density at radius 1 is 1.53 bits per heavy atom. The number of amides is 1. The van der Waals surface area contributed by atoms with Crippen LogP contribution in [0.2, 0.25) is 0 Å². The molecule has 92 valence electrons. The topological polar surface area (TPSA) is 80.9 Å². The van der Waals surface area contributed by atoms with E-state index in [4.69, 9.17) is 5.73 Å². The number of hydrogen-bond donors (Lipinski definition) is 2. The SMILES string of the molecule is CC1CCCC(N)(C(=O)Nc2ncccn2)C1. The molecule has 17 heavy (non-hydrogen) atoms. The van der Waals surface area contributed by atoms with Gasteiger partial charge >= 0.3 is 0 Å². The Labute approximate surface area is 101 Å². The third-order valence-corrected chi connectivity index (χ3v) is 3.28. The van der Waals surface area contributed by atoms with Gasteiger partial charge in [-0.2, -0.15) is 0 Å². The Hall–Kier alpha value is -1.49. The van der Waals surface area contributed by atoms with E-state index in [0.717, 1.165) is 25.7 Å². The largest absolute Gasteiger partial charge is 0.317 e. The summed E-state index contributed by atoms with van der Waals surface area (Å²) in [5.74, 6) is 0.645. The van der Waals surface area contributed by atoms with Gasteiger partial charge in [0, 0.05) is 12.4 Å². The third kappa shape index (κ3) is 2.79. The van der Waals surface area contributed by atoms with Gasteiger partial charge in [0.05, 0.1) is 5.54 Å². The second-order valence-corrected chi connectivity index (χ2v) is 4.88. The van der Waals surface area contributed by atoms with Crippen LogP contribution in [0.3, 0.4) is 0 Å². The number of nitrogens with zero attached hydrogens (tertiary/aromatic N) is 2. The predicted molar refractivity (Wildman–Crippen MR) is 65.2 cm³/mol. The maximum Gasteiger partial charge on any atom is 0.246 e. The van der Waals surface area contributed by atoms with Gasteiger partial charge in [-0.05, 0) is 24.8 Å². The number of nitrogens with two attached hydrogens (primary N) is 1. The Bertz CT molecular complexity index is 395. The first-order valence-electron chi connectivity index (χ1n) is 5.97. The molecule has 0 radical (unpaired) electrons. The quantitative estimate of drug-likeness (QED) is 0.808. The summed E-state index contributed by atoms with van der Waals surface area (Å²) in [6, 6.07) is 1.70. The fourth-order valence-corrected chi connectivity index (χ4v) is 2.39. The predicted octanol–water partition coefficient (Wildman–Crippen LogP) is 1.32. The van der Waals surface area contributed by atoms with E-state index in [9.17, 15) is 4.79 Å². The molecule has 1 fully saturated rings. The standard InChI is InChI=1S/C12H18N4O/c1-9-4-2-5-12(13,8-9)10(17)16-11-14-6-3-7-15-11/h3,6-7,9H,2,4-5,8,13H2,1H3,(H,14,15,16,17). The minimum atomic E-state index is -0.767. The molecule has 1 heterocycles. The molecule has 1 aliphatic rings. The fourth-order valence-electron chi connectivity index (χ4n) is 2.39. The molecule has 1 aromatic heterocycles. The summed E-state index contributed by atoms with van der Waals surface area (Å²) in [4.78, 5) is 20.0. The van der Waals surface area contributed by atoms with Crippen molar-refractivity contribution in [3.05, 3.63) is 18.5 Å². The molecule has 1 aromatic rings. The summed E-state index contributed by atoms with van der Waals surface area (Å²) in [7, 11) is 0. The van der Waals surface area contributed by atoms with Crippen LogP contribution in [0.5, 0.6) is 0 Å². The van der Waals surface area contributed by atoms with Crippen molar-refractivity contribution in [1.29, 1.82) is 0 Å².